The lowest BCUT2D eigenvalue weighted by molar-refractivity contribution is -0.137. The Morgan fingerprint density at radius 2 is 2.11 bits per heavy atom. The van der Waals surface area contributed by atoms with Gasteiger partial charge < -0.3 is 15.4 Å². The van der Waals surface area contributed by atoms with Crippen LogP contribution in [0.1, 0.15) is 17.5 Å². The van der Waals surface area contributed by atoms with E-state index in [9.17, 15) is 22.8 Å². The number of anilines is 1. The third-order valence-electron chi connectivity index (χ3n) is 3.99. The van der Waals surface area contributed by atoms with Gasteiger partial charge in [-0.1, -0.05) is 6.07 Å². The van der Waals surface area contributed by atoms with Gasteiger partial charge in [0.1, 0.15) is 0 Å². The molecule has 1 atom stereocenters. The van der Waals surface area contributed by atoms with E-state index >= 15 is 0 Å². The Morgan fingerprint density at radius 1 is 1.32 bits per heavy atom. The number of benzene rings is 1. The van der Waals surface area contributed by atoms with Crippen molar-refractivity contribution in [2.75, 3.05) is 12.4 Å². The minimum absolute atomic E-state index is 0.0967. The SMILES string of the molecule is COc1ccc(CNC(=O)C[C@H]2Sc3ccc(C(F)(F)F)cc3NC2=O)cn1. The molecule has 1 aliphatic rings. The van der Waals surface area contributed by atoms with Crippen LogP contribution in [-0.4, -0.2) is 29.2 Å². The van der Waals surface area contributed by atoms with Gasteiger partial charge in [-0.2, -0.15) is 13.2 Å². The van der Waals surface area contributed by atoms with Gasteiger partial charge >= 0.3 is 6.18 Å². The standard InChI is InChI=1S/C18H16F3N3O3S/c1-27-16-5-2-10(9-23-16)8-22-15(25)7-14-17(26)24-12-6-11(18(19,20)21)3-4-13(12)28-14/h2-6,9,14H,7-8H2,1H3,(H,22,25)(H,24,26)/t14-/m1/s1. The number of ether oxygens (including phenoxy) is 1. The van der Waals surface area contributed by atoms with E-state index in [1.54, 1.807) is 18.3 Å². The summed E-state index contributed by atoms with van der Waals surface area (Å²) in [4.78, 5) is 28.9. The summed E-state index contributed by atoms with van der Waals surface area (Å²) in [5.74, 6) is -0.394. The average Bonchev–Trinajstić information content (AvgIpc) is 2.66. The lowest BCUT2D eigenvalue weighted by atomic mass is 10.1. The van der Waals surface area contributed by atoms with Gasteiger partial charge in [-0.3, -0.25) is 9.59 Å². The second-order valence-corrected chi connectivity index (χ2v) is 7.24. The molecule has 2 amide bonds. The first kappa shape index (κ1) is 20.0. The van der Waals surface area contributed by atoms with Crippen molar-refractivity contribution in [2.45, 2.75) is 29.3 Å². The Morgan fingerprint density at radius 3 is 2.75 bits per heavy atom. The fourth-order valence-electron chi connectivity index (χ4n) is 2.54. The molecular formula is C18H16F3N3O3S. The molecule has 2 N–H and O–H groups in total. The largest absolute Gasteiger partial charge is 0.481 e. The number of thioether (sulfide) groups is 1. The first-order valence-corrected chi connectivity index (χ1v) is 9.08. The second-order valence-electron chi connectivity index (χ2n) is 5.99. The monoisotopic (exact) mass is 411 g/mol. The number of amides is 2. The number of halogens is 3. The van der Waals surface area contributed by atoms with Crippen molar-refractivity contribution in [3.63, 3.8) is 0 Å². The fourth-order valence-corrected chi connectivity index (χ4v) is 3.63. The molecule has 6 nitrogen and oxygen atoms in total. The van der Waals surface area contributed by atoms with Gasteiger partial charge in [0.2, 0.25) is 17.7 Å². The molecule has 0 radical (unpaired) electrons. The summed E-state index contributed by atoms with van der Waals surface area (Å²) in [5, 5.41) is 4.42. The minimum atomic E-state index is -4.49. The van der Waals surface area contributed by atoms with Crippen molar-refractivity contribution < 1.29 is 27.5 Å². The Balaban J connectivity index is 1.59. The summed E-state index contributed by atoms with van der Waals surface area (Å²) < 4.78 is 43.3. The number of fused-ring (bicyclic) bond motifs is 1. The zero-order valence-corrected chi connectivity index (χ0v) is 15.5. The van der Waals surface area contributed by atoms with Crippen LogP contribution in [0.2, 0.25) is 0 Å². The number of methoxy groups -OCH3 is 1. The van der Waals surface area contributed by atoms with Gasteiger partial charge in [0.25, 0.3) is 0 Å². The van der Waals surface area contributed by atoms with Gasteiger partial charge in [-0.25, -0.2) is 4.98 Å². The number of hydrogen-bond acceptors (Lipinski definition) is 5. The minimum Gasteiger partial charge on any atom is -0.481 e. The summed E-state index contributed by atoms with van der Waals surface area (Å²) in [7, 11) is 1.50. The normalized spacial score (nSPS) is 16.1. The smallest absolute Gasteiger partial charge is 0.416 e. The maximum Gasteiger partial charge on any atom is 0.416 e. The molecule has 0 saturated heterocycles. The number of nitrogens with one attached hydrogen (secondary N) is 2. The number of carbonyl (C=O) groups excluding carboxylic acids is 2. The molecule has 1 aliphatic heterocycles. The van der Waals surface area contributed by atoms with Crippen molar-refractivity contribution in [1.82, 2.24) is 10.3 Å². The molecule has 0 fully saturated rings. The molecule has 0 unspecified atom stereocenters. The van der Waals surface area contributed by atoms with Crippen LogP contribution < -0.4 is 15.4 Å². The number of carbonyl (C=O) groups is 2. The van der Waals surface area contributed by atoms with E-state index in [1.807, 2.05) is 0 Å². The van der Waals surface area contributed by atoms with E-state index in [1.165, 1.54) is 13.2 Å². The van der Waals surface area contributed by atoms with Gasteiger partial charge in [0.15, 0.2) is 0 Å². The lowest BCUT2D eigenvalue weighted by Crippen LogP contribution is -2.34. The maximum atomic E-state index is 12.8. The summed E-state index contributed by atoms with van der Waals surface area (Å²) in [6, 6.07) is 6.57. The van der Waals surface area contributed by atoms with E-state index < -0.39 is 22.9 Å². The highest BCUT2D eigenvalue weighted by Crippen LogP contribution is 2.40. The van der Waals surface area contributed by atoms with Crippen molar-refractivity contribution in [1.29, 1.82) is 0 Å². The average molecular weight is 411 g/mol. The number of rotatable bonds is 5. The Bertz CT molecular complexity index is 888. The molecule has 2 aromatic rings. The number of nitrogens with zero attached hydrogens (tertiary/aromatic N) is 1. The van der Waals surface area contributed by atoms with Crippen LogP contribution in [-0.2, 0) is 22.3 Å². The second kappa shape index (κ2) is 8.09. The van der Waals surface area contributed by atoms with Crippen LogP contribution in [0.25, 0.3) is 0 Å². The van der Waals surface area contributed by atoms with Crippen LogP contribution in [0.5, 0.6) is 5.88 Å². The van der Waals surface area contributed by atoms with E-state index in [0.717, 1.165) is 29.5 Å². The van der Waals surface area contributed by atoms with Crippen LogP contribution in [0.15, 0.2) is 41.4 Å². The third-order valence-corrected chi connectivity index (χ3v) is 5.27. The summed E-state index contributed by atoms with van der Waals surface area (Å²) in [5.41, 5.74) is 0.0298. The number of alkyl halides is 3. The molecule has 0 bridgehead atoms. The molecule has 0 saturated carbocycles. The van der Waals surface area contributed by atoms with Gasteiger partial charge in [-0.15, -0.1) is 11.8 Å². The predicted octanol–water partition coefficient (Wildman–Crippen LogP) is 3.23. The Hall–Kier alpha value is -2.75. The Kier molecular flexibility index (Phi) is 5.78. The van der Waals surface area contributed by atoms with Crippen LogP contribution >= 0.6 is 11.8 Å². The van der Waals surface area contributed by atoms with Crippen LogP contribution in [0.4, 0.5) is 18.9 Å². The Labute approximate surface area is 162 Å². The molecule has 28 heavy (non-hydrogen) atoms. The zero-order valence-electron chi connectivity index (χ0n) is 14.7. The van der Waals surface area contributed by atoms with Gasteiger partial charge in [0.05, 0.1) is 23.6 Å². The molecule has 1 aromatic heterocycles. The van der Waals surface area contributed by atoms with Gasteiger partial charge in [0, 0.05) is 30.1 Å². The third kappa shape index (κ3) is 4.75. The van der Waals surface area contributed by atoms with E-state index in [2.05, 4.69) is 15.6 Å². The van der Waals surface area contributed by atoms with Gasteiger partial charge in [-0.05, 0) is 23.8 Å². The highest BCUT2D eigenvalue weighted by molar-refractivity contribution is 8.01. The van der Waals surface area contributed by atoms with Crippen LogP contribution in [0.3, 0.4) is 0 Å². The number of hydrogen-bond donors (Lipinski definition) is 2. The summed E-state index contributed by atoms with van der Waals surface area (Å²) in [6.07, 6.45) is -3.02. The van der Waals surface area contributed by atoms with Crippen molar-refractivity contribution in [2.24, 2.45) is 0 Å². The summed E-state index contributed by atoms with van der Waals surface area (Å²) in [6.45, 7) is 0.236. The highest BCUT2D eigenvalue weighted by atomic mass is 32.2. The first-order valence-electron chi connectivity index (χ1n) is 8.20. The molecular weight excluding hydrogens is 395 g/mol. The first-order chi connectivity index (χ1) is 13.3. The van der Waals surface area contributed by atoms with E-state index in [-0.39, 0.29) is 24.6 Å². The van der Waals surface area contributed by atoms with Crippen molar-refractivity contribution in [3.8, 4) is 5.88 Å². The number of pyridine rings is 1. The topological polar surface area (TPSA) is 80.3 Å². The molecule has 148 valence electrons. The summed E-state index contributed by atoms with van der Waals surface area (Å²) >= 11 is 1.07. The quantitative estimate of drug-likeness (QED) is 0.790. The molecule has 3 rings (SSSR count). The lowest BCUT2D eigenvalue weighted by Gasteiger charge is -2.24. The maximum absolute atomic E-state index is 12.8. The zero-order chi connectivity index (χ0) is 20.3. The predicted molar refractivity (Wildman–Crippen MR) is 97.0 cm³/mol. The molecule has 0 spiro atoms. The molecule has 10 heteroatoms. The van der Waals surface area contributed by atoms with E-state index in [4.69, 9.17) is 4.74 Å². The van der Waals surface area contributed by atoms with Crippen molar-refractivity contribution >= 4 is 29.3 Å². The molecule has 2 heterocycles. The van der Waals surface area contributed by atoms with E-state index in [0.29, 0.717) is 10.8 Å². The van der Waals surface area contributed by atoms with Crippen LogP contribution in [0, 0.1) is 0 Å². The molecule has 1 aromatic carbocycles. The molecule has 0 aliphatic carbocycles. The highest BCUT2D eigenvalue weighted by Gasteiger charge is 2.34. The van der Waals surface area contributed by atoms with Crippen molar-refractivity contribution in [3.05, 3.63) is 47.7 Å². The fraction of sp³-hybridized carbons (Fsp3) is 0.278. The number of aromatic nitrogens is 1.